The highest BCUT2D eigenvalue weighted by molar-refractivity contribution is 7.12. The number of rotatable bonds is 11. The number of carbonyl (C=O) groups excluding carboxylic acids is 2. The van der Waals surface area contributed by atoms with Crippen LogP contribution < -0.4 is 16.2 Å². The van der Waals surface area contributed by atoms with Crippen molar-refractivity contribution in [2.24, 2.45) is 0 Å². The largest absolute Gasteiger partial charge is 0.456 e. The molecule has 0 fully saturated rings. The van der Waals surface area contributed by atoms with Gasteiger partial charge in [-0.15, -0.1) is 11.3 Å². The number of aromatic nitrogens is 2. The average Bonchev–Trinajstić information content (AvgIpc) is 3.72. The molecule has 0 saturated carbocycles. The Morgan fingerprint density at radius 3 is 2.65 bits per heavy atom. The van der Waals surface area contributed by atoms with Gasteiger partial charge in [-0.1, -0.05) is 67.9 Å². The fraction of sp³-hybridized carbons (Fsp3) is 0.263. The number of hydrogen-bond acceptors (Lipinski definition) is 8. The molecule has 6 aromatic rings. The third kappa shape index (κ3) is 7.07. The summed E-state index contributed by atoms with van der Waals surface area (Å²) in [6.45, 7) is 4.12. The van der Waals surface area contributed by atoms with Crippen molar-refractivity contribution in [1.29, 1.82) is 0 Å². The van der Waals surface area contributed by atoms with Gasteiger partial charge in [-0.05, 0) is 48.2 Å². The Morgan fingerprint density at radius 1 is 0.980 bits per heavy atom. The second kappa shape index (κ2) is 14.4. The number of anilines is 1. The van der Waals surface area contributed by atoms with Crippen LogP contribution in [-0.2, 0) is 42.1 Å². The molecule has 3 aromatic carbocycles. The maximum atomic E-state index is 13.9. The van der Waals surface area contributed by atoms with Crippen LogP contribution in [0.4, 0.5) is 10.5 Å². The number of thiophene rings is 1. The molecule has 0 atom stereocenters. The predicted octanol–water partition coefficient (Wildman–Crippen LogP) is 7.09. The highest BCUT2D eigenvalue weighted by Crippen LogP contribution is 2.30. The number of ether oxygens (including phenoxy) is 1. The molecule has 7 rings (SSSR count). The first-order chi connectivity index (χ1) is 24.0. The van der Waals surface area contributed by atoms with Crippen molar-refractivity contribution in [2.45, 2.75) is 52.4 Å². The molecule has 0 aliphatic carbocycles. The fourth-order valence-corrected chi connectivity index (χ4v) is 7.19. The Hall–Kier alpha value is -5.42. The summed E-state index contributed by atoms with van der Waals surface area (Å²) in [5.74, 6) is 0.109. The van der Waals surface area contributed by atoms with E-state index in [2.05, 4.69) is 28.6 Å². The van der Waals surface area contributed by atoms with E-state index in [0.29, 0.717) is 44.3 Å². The molecule has 1 aliphatic heterocycles. The van der Waals surface area contributed by atoms with Gasteiger partial charge in [0.2, 0.25) is 5.91 Å². The van der Waals surface area contributed by atoms with E-state index in [0.717, 1.165) is 62.8 Å². The number of amides is 2. The van der Waals surface area contributed by atoms with E-state index < -0.39 is 0 Å². The van der Waals surface area contributed by atoms with E-state index in [-0.39, 0.29) is 24.1 Å². The van der Waals surface area contributed by atoms with E-state index in [1.54, 1.807) is 16.2 Å². The van der Waals surface area contributed by atoms with Crippen LogP contribution in [0.1, 0.15) is 40.6 Å². The molecule has 10 nitrogen and oxygen atoms in total. The van der Waals surface area contributed by atoms with Gasteiger partial charge in [0.05, 0.1) is 25.9 Å². The molecule has 0 saturated heterocycles. The van der Waals surface area contributed by atoms with Crippen molar-refractivity contribution < 1.29 is 18.7 Å². The lowest BCUT2D eigenvalue weighted by atomic mass is 10.1. The zero-order valence-electron chi connectivity index (χ0n) is 27.2. The Bertz CT molecular complexity index is 2190. The zero-order chi connectivity index (χ0) is 33.7. The second-order valence-corrected chi connectivity index (χ2v) is 13.3. The lowest BCUT2D eigenvalue weighted by molar-refractivity contribution is -0.121. The fourth-order valence-electron chi connectivity index (χ4n) is 6.08. The van der Waals surface area contributed by atoms with Crippen LogP contribution in [0, 0.1) is 0 Å². The van der Waals surface area contributed by atoms with Crippen LogP contribution in [0.15, 0.2) is 94.3 Å². The molecule has 49 heavy (non-hydrogen) atoms. The van der Waals surface area contributed by atoms with Gasteiger partial charge < -0.3 is 24.7 Å². The second-order valence-electron chi connectivity index (χ2n) is 12.1. The molecule has 0 radical (unpaired) electrons. The molecule has 1 aliphatic rings. The summed E-state index contributed by atoms with van der Waals surface area (Å²) in [6.07, 6.45) is 3.83. The number of para-hydroxylation sites is 1. The number of benzene rings is 3. The van der Waals surface area contributed by atoms with Gasteiger partial charge in [-0.3, -0.25) is 14.2 Å². The third-order valence-electron chi connectivity index (χ3n) is 8.66. The van der Waals surface area contributed by atoms with Gasteiger partial charge in [0.15, 0.2) is 0 Å². The van der Waals surface area contributed by atoms with Crippen molar-refractivity contribution >= 4 is 51.0 Å². The van der Waals surface area contributed by atoms with Crippen molar-refractivity contribution in [2.75, 3.05) is 18.5 Å². The number of fused-ring (bicyclic) bond motifs is 4. The average molecular weight is 676 g/mol. The Labute approximate surface area is 287 Å². The summed E-state index contributed by atoms with van der Waals surface area (Å²) in [6, 6.07) is 25.3. The molecule has 2 amide bonds. The van der Waals surface area contributed by atoms with Crippen LogP contribution in [0.25, 0.3) is 33.3 Å². The van der Waals surface area contributed by atoms with E-state index in [1.165, 1.54) is 15.6 Å². The quantitative estimate of drug-likeness (QED) is 0.141. The Morgan fingerprint density at radius 2 is 1.80 bits per heavy atom. The number of hydrogen-bond donors (Lipinski definition) is 2. The minimum atomic E-state index is -0.337. The monoisotopic (exact) mass is 675 g/mol. The van der Waals surface area contributed by atoms with Crippen LogP contribution in [-0.4, -0.2) is 39.6 Å². The van der Waals surface area contributed by atoms with Gasteiger partial charge in [-0.2, -0.15) is 0 Å². The van der Waals surface area contributed by atoms with Crippen LogP contribution >= 0.6 is 11.3 Å². The maximum Gasteiger partial charge on any atom is 0.410 e. The highest BCUT2D eigenvalue weighted by Gasteiger charge is 2.24. The molecule has 250 valence electrons. The van der Waals surface area contributed by atoms with E-state index in [9.17, 15) is 14.4 Å². The van der Waals surface area contributed by atoms with Crippen LogP contribution in [0.5, 0.6) is 0 Å². The number of unbranched alkanes of at least 4 members (excludes halogenated alkanes) is 1. The molecule has 11 heteroatoms. The number of nitrogens with zero attached hydrogens (tertiary/aromatic N) is 3. The van der Waals surface area contributed by atoms with E-state index in [1.807, 2.05) is 72.8 Å². The Kier molecular flexibility index (Phi) is 9.42. The summed E-state index contributed by atoms with van der Waals surface area (Å²) in [7, 11) is 0. The van der Waals surface area contributed by atoms with E-state index in [4.69, 9.17) is 9.15 Å². The molecular formula is C38H37N5O5S. The summed E-state index contributed by atoms with van der Waals surface area (Å²) in [5, 5.41) is 8.28. The molecule has 0 spiro atoms. The highest BCUT2D eigenvalue weighted by atomic mass is 32.1. The molecule has 0 bridgehead atoms. The smallest absolute Gasteiger partial charge is 0.410 e. The first kappa shape index (κ1) is 32.1. The van der Waals surface area contributed by atoms with E-state index >= 15 is 0 Å². The van der Waals surface area contributed by atoms with Crippen molar-refractivity contribution in [3.8, 4) is 11.4 Å². The summed E-state index contributed by atoms with van der Waals surface area (Å²) in [5.41, 5.74) is 4.39. The topological polar surface area (TPSA) is 119 Å². The summed E-state index contributed by atoms with van der Waals surface area (Å²) in [4.78, 5) is 48.2. The van der Waals surface area contributed by atoms with Gasteiger partial charge >= 0.3 is 6.09 Å². The number of carbonyl (C=O) groups is 2. The van der Waals surface area contributed by atoms with Crippen LogP contribution in [0.3, 0.4) is 0 Å². The number of furan rings is 1. The third-order valence-corrected chi connectivity index (χ3v) is 9.90. The standard InChI is InChI=1S/C38H37N5O5S/c1-2-3-17-47-38(46)42-16-15-34-27(23-42)19-28(49-34)21-40-35(44)24-43-36(26-9-5-4-6-10-26)41-22-31(37(43)45)39-20-25-13-14-33-30(18-25)29-11-7-8-12-32(29)48-33/h4-14,18-19,22,39H,2-3,15-17,20-21,23-24H2,1H3,(H,40,44). The van der Waals surface area contributed by atoms with Crippen molar-refractivity contribution in [3.05, 3.63) is 116 Å². The SMILES string of the molecule is CCCCOC(=O)N1CCc2sc(CNC(=O)Cn3c(-c4ccccc4)ncc(NCc4ccc5oc6ccccc6c5c4)c3=O)cc2C1. The first-order valence-electron chi connectivity index (χ1n) is 16.5. The maximum absolute atomic E-state index is 13.9. The van der Waals surface area contributed by atoms with Gasteiger partial charge in [0, 0.05) is 39.2 Å². The summed E-state index contributed by atoms with van der Waals surface area (Å²) >= 11 is 1.64. The molecule has 4 heterocycles. The minimum absolute atomic E-state index is 0.193. The van der Waals surface area contributed by atoms with Gasteiger partial charge in [0.1, 0.15) is 29.2 Å². The molecule has 2 N–H and O–H groups in total. The van der Waals surface area contributed by atoms with Crippen LogP contribution in [0.2, 0.25) is 0 Å². The zero-order valence-corrected chi connectivity index (χ0v) is 28.1. The minimum Gasteiger partial charge on any atom is -0.456 e. The Balaban J connectivity index is 1.05. The lowest BCUT2D eigenvalue weighted by Gasteiger charge is -2.26. The van der Waals surface area contributed by atoms with Crippen molar-refractivity contribution in [1.82, 2.24) is 19.8 Å². The number of nitrogens with one attached hydrogen (secondary N) is 2. The molecular weight excluding hydrogens is 639 g/mol. The van der Waals surface area contributed by atoms with Gasteiger partial charge in [-0.25, -0.2) is 9.78 Å². The first-order valence-corrected chi connectivity index (χ1v) is 17.4. The molecule has 3 aromatic heterocycles. The lowest BCUT2D eigenvalue weighted by Crippen LogP contribution is -2.35. The van der Waals surface area contributed by atoms with Crippen molar-refractivity contribution in [3.63, 3.8) is 0 Å². The molecule has 0 unspecified atom stereocenters. The summed E-state index contributed by atoms with van der Waals surface area (Å²) < 4.78 is 12.8. The predicted molar refractivity (Wildman–Crippen MR) is 192 cm³/mol. The van der Waals surface area contributed by atoms with Gasteiger partial charge in [0.25, 0.3) is 5.56 Å². The normalized spacial score (nSPS) is 12.6.